The number of aliphatic hydroxyl groups excluding tert-OH is 1. The van der Waals surface area contributed by atoms with Crippen LogP contribution in [-0.4, -0.2) is 36.2 Å². The van der Waals surface area contributed by atoms with Gasteiger partial charge in [-0.15, -0.1) is 6.58 Å². The maximum atomic E-state index is 8.76. The van der Waals surface area contributed by atoms with E-state index in [4.69, 9.17) is 5.11 Å². The molecule has 0 saturated heterocycles. The zero-order valence-electron chi connectivity index (χ0n) is 9.28. The van der Waals surface area contributed by atoms with Crippen LogP contribution in [0.15, 0.2) is 24.8 Å². The van der Waals surface area contributed by atoms with Crippen LogP contribution in [0.3, 0.4) is 0 Å². The zero-order valence-corrected chi connectivity index (χ0v) is 9.28. The van der Waals surface area contributed by atoms with Crippen molar-refractivity contribution >= 4 is 0 Å². The molecule has 0 fully saturated rings. The summed E-state index contributed by atoms with van der Waals surface area (Å²) in [5.41, 5.74) is 0. The van der Waals surface area contributed by atoms with Gasteiger partial charge in [0.25, 0.3) is 0 Å². The maximum absolute atomic E-state index is 8.76. The molecule has 0 bridgehead atoms. The number of unbranched alkanes of at least 4 members (excludes halogenated alkanes) is 2. The minimum atomic E-state index is 0.248. The lowest BCUT2D eigenvalue weighted by molar-refractivity contribution is 0.214. The SMILES string of the molecule is C=CCCCC=CCN(CC)CCO. The predicted molar refractivity (Wildman–Crippen MR) is 62.4 cm³/mol. The lowest BCUT2D eigenvalue weighted by Crippen LogP contribution is -2.26. The molecule has 0 radical (unpaired) electrons. The summed E-state index contributed by atoms with van der Waals surface area (Å²) in [5.74, 6) is 0. The number of rotatable bonds is 9. The Morgan fingerprint density at radius 1 is 1.29 bits per heavy atom. The van der Waals surface area contributed by atoms with Gasteiger partial charge in [0, 0.05) is 13.1 Å². The van der Waals surface area contributed by atoms with Gasteiger partial charge in [0.2, 0.25) is 0 Å². The second-order valence-electron chi connectivity index (χ2n) is 3.31. The van der Waals surface area contributed by atoms with Crippen molar-refractivity contribution in [3.05, 3.63) is 24.8 Å². The fourth-order valence-electron chi connectivity index (χ4n) is 1.24. The van der Waals surface area contributed by atoms with Gasteiger partial charge >= 0.3 is 0 Å². The van der Waals surface area contributed by atoms with Crippen molar-refractivity contribution in [3.8, 4) is 0 Å². The van der Waals surface area contributed by atoms with Crippen LogP contribution in [0.5, 0.6) is 0 Å². The van der Waals surface area contributed by atoms with E-state index in [-0.39, 0.29) is 6.61 Å². The number of aliphatic hydroxyl groups is 1. The lowest BCUT2D eigenvalue weighted by Gasteiger charge is -2.16. The van der Waals surface area contributed by atoms with Gasteiger partial charge < -0.3 is 5.11 Å². The molecule has 0 unspecified atom stereocenters. The minimum absolute atomic E-state index is 0.248. The van der Waals surface area contributed by atoms with E-state index in [0.29, 0.717) is 0 Å². The number of nitrogens with zero attached hydrogens (tertiary/aromatic N) is 1. The van der Waals surface area contributed by atoms with Gasteiger partial charge in [-0.25, -0.2) is 0 Å². The van der Waals surface area contributed by atoms with E-state index < -0.39 is 0 Å². The summed E-state index contributed by atoms with van der Waals surface area (Å²) in [5, 5.41) is 8.76. The number of hydrogen-bond acceptors (Lipinski definition) is 2. The molecule has 0 rings (SSSR count). The molecule has 0 heterocycles. The van der Waals surface area contributed by atoms with Crippen LogP contribution >= 0.6 is 0 Å². The van der Waals surface area contributed by atoms with Gasteiger partial charge in [0.05, 0.1) is 6.61 Å². The Bertz CT molecular complexity index is 154. The summed E-state index contributed by atoms with van der Waals surface area (Å²) in [7, 11) is 0. The standard InChI is InChI=1S/C12H23NO/c1-3-5-6-7-8-9-10-13(4-2)11-12-14/h3,8-9,14H,1,4-7,10-12H2,2H3. The molecule has 0 aliphatic rings. The number of hydrogen-bond donors (Lipinski definition) is 1. The Labute approximate surface area is 87.9 Å². The molecule has 0 aromatic heterocycles. The molecule has 0 atom stereocenters. The lowest BCUT2D eigenvalue weighted by atomic mass is 10.2. The highest BCUT2D eigenvalue weighted by molar-refractivity contribution is 4.85. The molecule has 0 aliphatic carbocycles. The van der Waals surface area contributed by atoms with E-state index >= 15 is 0 Å². The molecule has 82 valence electrons. The average molecular weight is 197 g/mol. The highest BCUT2D eigenvalue weighted by Gasteiger charge is 1.96. The van der Waals surface area contributed by atoms with Crippen LogP contribution in [-0.2, 0) is 0 Å². The fraction of sp³-hybridized carbons (Fsp3) is 0.667. The fourth-order valence-corrected chi connectivity index (χ4v) is 1.24. The number of likely N-dealkylation sites (N-methyl/N-ethyl adjacent to an activating group) is 1. The summed E-state index contributed by atoms with van der Waals surface area (Å²) < 4.78 is 0. The first-order chi connectivity index (χ1) is 6.85. The van der Waals surface area contributed by atoms with Crippen molar-refractivity contribution in [2.24, 2.45) is 0 Å². The Balaban J connectivity index is 3.42. The van der Waals surface area contributed by atoms with Crippen molar-refractivity contribution in [2.45, 2.75) is 26.2 Å². The molecule has 0 aromatic carbocycles. The Morgan fingerprint density at radius 2 is 2.07 bits per heavy atom. The van der Waals surface area contributed by atoms with E-state index in [2.05, 4.69) is 30.6 Å². The Hall–Kier alpha value is -0.600. The predicted octanol–water partition coefficient (Wildman–Crippen LogP) is 2.21. The molecular formula is C12H23NO. The molecule has 2 heteroatoms. The first-order valence-electron chi connectivity index (χ1n) is 5.44. The highest BCUT2D eigenvalue weighted by atomic mass is 16.3. The van der Waals surface area contributed by atoms with Gasteiger partial charge in [0.15, 0.2) is 0 Å². The van der Waals surface area contributed by atoms with Crippen molar-refractivity contribution in [2.75, 3.05) is 26.2 Å². The van der Waals surface area contributed by atoms with Crippen LogP contribution < -0.4 is 0 Å². The summed E-state index contributed by atoms with van der Waals surface area (Å²) in [6.45, 7) is 8.76. The molecule has 0 aliphatic heterocycles. The monoisotopic (exact) mass is 197 g/mol. The van der Waals surface area contributed by atoms with Crippen LogP contribution in [0.1, 0.15) is 26.2 Å². The van der Waals surface area contributed by atoms with Crippen molar-refractivity contribution in [3.63, 3.8) is 0 Å². The van der Waals surface area contributed by atoms with Crippen LogP contribution in [0.25, 0.3) is 0 Å². The molecular weight excluding hydrogens is 174 g/mol. The first-order valence-corrected chi connectivity index (χ1v) is 5.44. The van der Waals surface area contributed by atoms with Gasteiger partial charge in [-0.1, -0.05) is 25.2 Å². The normalized spacial score (nSPS) is 11.4. The smallest absolute Gasteiger partial charge is 0.0558 e. The van der Waals surface area contributed by atoms with Crippen LogP contribution in [0, 0.1) is 0 Å². The number of allylic oxidation sites excluding steroid dienone is 2. The van der Waals surface area contributed by atoms with Gasteiger partial charge in [-0.05, 0) is 25.8 Å². The molecule has 0 saturated carbocycles. The third-order valence-electron chi connectivity index (χ3n) is 2.17. The van der Waals surface area contributed by atoms with Gasteiger partial charge in [0.1, 0.15) is 0 Å². The third kappa shape index (κ3) is 8.02. The first kappa shape index (κ1) is 13.4. The molecule has 2 nitrogen and oxygen atoms in total. The quantitative estimate of drug-likeness (QED) is 0.452. The van der Waals surface area contributed by atoms with E-state index in [9.17, 15) is 0 Å². The second-order valence-corrected chi connectivity index (χ2v) is 3.31. The van der Waals surface area contributed by atoms with Crippen molar-refractivity contribution < 1.29 is 5.11 Å². The molecule has 0 aromatic rings. The zero-order chi connectivity index (χ0) is 10.6. The van der Waals surface area contributed by atoms with E-state index in [1.807, 2.05) is 6.08 Å². The van der Waals surface area contributed by atoms with Gasteiger partial charge in [-0.3, -0.25) is 4.90 Å². The van der Waals surface area contributed by atoms with Crippen molar-refractivity contribution in [1.82, 2.24) is 4.90 Å². The van der Waals surface area contributed by atoms with E-state index in [1.165, 1.54) is 6.42 Å². The Kier molecular flexibility index (Phi) is 10.0. The third-order valence-corrected chi connectivity index (χ3v) is 2.17. The maximum Gasteiger partial charge on any atom is 0.0558 e. The molecule has 14 heavy (non-hydrogen) atoms. The average Bonchev–Trinajstić information content (AvgIpc) is 2.21. The largest absolute Gasteiger partial charge is 0.395 e. The highest BCUT2D eigenvalue weighted by Crippen LogP contribution is 1.97. The van der Waals surface area contributed by atoms with Crippen LogP contribution in [0.2, 0.25) is 0 Å². The summed E-state index contributed by atoms with van der Waals surface area (Å²) in [6.07, 6.45) is 9.76. The van der Waals surface area contributed by atoms with Gasteiger partial charge in [-0.2, -0.15) is 0 Å². The second kappa shape index (κ2) is 10.5. The molecule has 1 N–H and O–H groups in total. The summed E-state index contributed by atoms with van der Waals surface area (Å²) in [4.78, 5) is 2.21. The molecule has 0 spiro atoms. The van der Waals surface area contributed by atoms with E-state index in [0.717, 1.165) is 32.5 Å². The van der Waals surface area contributed by atoms with E-state index in [1.54, 1.807) is 0 Å². The summed E-state index contributed by atoms with van der Waals surface area (Å²) >= 11 is 0. The Morgan fingerprint density at radius 3 is 2.64 bits per heavy atom. The summed E-state index contributed by atoms with van der Waals surface area (Å²) in [6, 6.07) is 0. The topological polar surface area (TPSA) is 23.5 Å². The van der Waals surface area contributed by atoms with Crippen molar-refractivity contribution in [1.29, 1.82) is 0 Å². The minimum Gasteiger partial charge on any atom is -0.395 e. The molecule has 0 amide bonds. The van der Waals surface area contributed by atoms with Crippen LogP contribution in [0.4, 0.5) is 0 Å².